The number of hydrogen-bond acceptors (Lipinski definition) is 5. The van der Waals surface area contributed by atoms with Crippen LogP contribution in [0.25, 0.3) is 77.6 Å². The summed E-state index contributed by atoms with van der Waals surface area (Å²) in [6.45, 7) is 0. The molecule has 0 bridgehead atoms. The normalized spacial score (nSPS) is 12.9. The molecule has 0 N–H and O–H groups in total. The van der Waals surface area contributed by atoms with Gasteiger partial charge in [-0.2, -0.15) is 0 Å². The molecule has 0 radical (unpaired) electrons. The molecule has 0 aliphatic heterocycles. The second-order valence-electron chi connectivity index (χ2n) is 13.1. The first-order valence-electron chi connectivity index (χ1n) is 17.7. The number of aromatic nitrogens is 3. The van der Waals surface area contributed by atoms with Crippen LogP contribution in [0.3, 0.4) is 0 Å². The van der Waals surface area contributed by atoms with Crippen molar-refractivity contribution in [3.8, 4) is 34.2 Å². The Morgan fingerprint density at radius 2 is 1.17 bits per heavy atom. The van der Waals surface area contributed by atoms with E-state index < -0.39 is 0 Å². The molecule has 246 valence electrons. The molecule has 1 aliphatic carbocycles. The Morgan fingerprint density at radius 1 is 0.519 bits per heavy atom. The van der Waals surface area contributed by atoms with Crippen LogP contribution >= 0.6 is 0 Å². The van der Waals surface area contributed by atoms with Gasteiger partial charge in [-0.15, -0.1) is 0 Å². The maximum atomic E-state index is 7.00. The highest BCUT2D eigenvalue weighted by Crippen LogP contribution is 2.45. The highest BCUT2D eigenvalue weighted by atomic mass is 16.3. The van der Waals surface area contributed by atoms with Gasteiger partial charge in [-0.1, -0.05) is 140 Å². The van der Waals surface area contributed by atoms with Crippen molar-refractivity contribution in [1.82, 2.24) is 15.0 Å². The number of furan rings is 1. The topological polar surface area (TPSA) is 55.1 Å². The minimum atomic E-state index is 0.599. The molecule has 5 heteroatoms. The number of hydrogen-bond donors (Lipinski definition) is 0. The Morgan fingerprint density at radius 3 is 1.90 bits per heavy atom. The van der Waals surface area contributed by atoms with E-state index in [1.165, 1.54) is 10.8 Å². The van der Waals surface area contributed by atoms with Crippen LogP contribution in [0.5, 0.6) is 0 Å². The zero-order chi connectivity index (χ0) is 34.4. The monoisotopic (exact) mass is 668 g/mol. The van der Waals surface area contributed by atoms with Gasteiger partial charge in [0.1, 0.15) is 5.58 Å². The van der Waals surface area contributed by atoms with Gasteiger partial charge in [-0.3, -0.25) is 0 Å². The molecule has 1 aliphatic rings. The average Bonchev–Trinajstić information content (AvgIpc) is 3.61. The molecule has 5 nitrogen and oxygen atoms in total. The van der Waals surface area contributed by atoms with Gasteiger partial charge in [0.25, 0.3) is 0 Å². The first-order chi connectivity index (χ1) is 25.8. The largest absolute Gasteiger partial charge is 0.454 e. The van der Waals surface area contributed by atoms with Crippen molar-refractivity contribution in [2.45, 2.75) is 12.8 Å². The summed E-state index contributed by atoms with van der Waals surface area (Å²) < 4.78 is 7.00. The molecule has 7 aromatic carbocycles. The van der Waals surface area contributed by atoms with E-state index in [4.69, 9.17) is 19.4 Å². The van der Waals surface area contributed by atoms with E-state index >= 15 is 0 Å². The van der Waals surface area contributed by atoms with Gasteiger partial charge >= 0.3 is 0 Å². The van der Waals surface area contributed by atoms with E-state index in [1.807, 2.05) is 60.7 Å². The number of benzene rings is 7. The summed E-state index contributed by atoms with van der Waals surface area (Å²) in [5.74, 6) is 1.85. The van der Waals surface area contributed by atoms with Gasteiger partial charge in [-0.25, -0.2) is 15.0 Å². The van der Waals surface area contributed by atoms with Crippen molar-refractivity contribution in [1.29, 1.82) is 0 Å². The molecular formula is C47H32N4O. The highest BCUT2D eigenvalue weighted by molar-refractivity contribution is 6.23. The minimum Gasteiger partial charge on any atom is -0.454 e. The molecule has 2 aromatic heterocycles. The van der Waals surface area contributed by atoms with Crippen molar-refractivity contribution in [3.63, 3.8) is 0 Å². The Balaban J connectivity index is 1.22. The van der Waals surface area contributed by atoms with Crippen molar-refractivity contribution in [3.05, 3.63) is 176 Å². The lowest BCUT2D eigenvalue weighted by atomic mass is 9.98. The molecular weight excluding hydrogens is 637 g/mol. The minimum absolute atomic E-state index is 0.599. The molecule has 9 aromatic rings. The number of para-hydroxylation sites is 1. The smallest absolute Gasteiger partial charge is 0.164 e. The summed E-state index contributed by atoms with van der Waals surface area (Å²) in [5, 5.41) is 6.68. The molecule has 10 rings (SSSR count). The second kappa shape index (κ2) is 12.5. The SMILES string of the molecule is C1=CC(N(c2ccc3ccccc3c2)c2cccc3c2oc2cc(-c4nc(-c5ccccc5)nc(-c5ccccc5)n4)c4ccccc4c23)=CCC1. The van der Waals surface area contributed by atoms with Crippen molar-refractivity contribution in [2.75, 3.05) is 4.90 Å². The number of nitrogens with zero attached hydrogens (tertiary/aromatic N) is 4. The van der Waals surface area contributed by atoms with Crippen LogP contribution in [-0.2, 0) is 0 Å². The first-order valence-corrected chi connectivity index (χ1v) is 17.7. The van der Waals surface area contributed by atoms with Gasteiger partial charge < -0.3 is 9.32 Å². The first kappa shape index (κ1) is 30.0. The van der Waals surface area contributed by atoms with E-state index in [0.29, 0.717) is 17.5 Å². The summed E-state index contributed by atoms with van der Waals surface area (Å²) in [4.78, 5) is 17.5. The number of rotatable bonds is 6. The molecule has 0 spiro atoms. The van der Waals surface area contributed by atoms with Crippen molar-refractivity contribution in [2.24, 2.45) is 0 Å². The quantitative estimate of drug-likeness (QED) is 0.176. The van der Waals surface area contributed by atoms with Gasteiger partial charge in [-0.05, 0) is 64.7 Å². The van der Waals surface area contributed by atoms with Crippen LogP contribution in [0.15, 0.2) is 180 Å². The predicted molar refractivity (Wildman–Crippen MR) is 213 cm³/mol. The van der Waals surface area contributed by atoms with Gasteiger partial charge in [0.2, 0.25) is 0 Å². The molecule has 0 amide bonds. The van der Waals surface area contributed by atoms with Crippen molar-refractivity contribution >= 4 is 54.9 Å². The number of fused-ring (bicyclic) bond motifs is 6. The summed E-state index contributed by atoms with van der Waals surface area (Å²) in [7, 11) is 0. The lowest BCUT2D eigenvalue weighted by Gasteiger charge is -2.28. The Bertz CT molecular complexity index is 2800. The van der Waals surface area contributed by atoms with E-state index in [0.717, 1.165) is 79.3 Å². The van der Waals surface area contributed by atoms with Gasteiger partial charge in [0.15, 0.2) is 23.1 Å². The van der Waals surface area contributed by atoms with E-state index in [1.54, 1.807) is 0 Å². The highest BCUT2D eigenvalue weighted by Gasteiger charge is 2.23. The Kier molecular flexibility index (Phi) is 7.21. The van der Waals surface area contributed by atoms with E-state index in [-0.39, 0.29) is 0 Å². The van der Waals surface area contributed by atoms with E-state index in [2.05, 4.69) is 114 Å². The lowest BCUT2D eigenvalue weighted by Crippen LogP contribution is -2.16. The van der Waals surface area contributed by atoms with Crippen LogP contribution in [-0.4, -0.2) is 15.0 Å². The molecule has 0 fully saturated rings. The molecule has 0 saturated heterocycles. The van der Waals surface area contributed by atoms with Crippen LogP contribution in [0.4, 0.5) is 11.4 Å². The van der Waals surface area contributed by atoms with E-state index in [9.17, 15) is 0 Å². The van der Waals surface area contributed by atoms with Crippen LogP contribution < -0.4 is 4.90 Å². The van der Waals surface area contributed by atoms with Gasteiger partial charge in [0.05, 0.1) is 5.69 Å². The standard InChI is InChI=1S/C47H32N4O/c1-4-16-32(17-5-1)45-48-46(33-18-6-2-7-19-33)50-47(49-45)40-30-42-43(38-24-13-12-23-37(38)40)39-25-14-26-41(44(39)52-42)51(35-21-8-3-9-22-35)36-28-27-31-15-10-11-20-34(31)29-36/h1-2,4-8,10-30H,3,9H2. The number of allylic oxidation sites excluding steroid dienone is 3. The maximum absolute atomic E-state index is 7.00. The zero-order valence-electron chi connectivity index (χ0n) is 28.3. The fraction of sp³-hybridized carbons (Fsp3) is 0.0426. The van der Waals surface area contributed by atoms with Crippen LogP contribution in [0, 0.1) is 0 Å². The zero-order valence-corrected chi connectivity index (χ0v) is 28.3. The molecule has 0 saturated carbocycles. The maximum Gasteiger partial charge on any atom is 0.164 e. The lowest BCUT2D eigenvalue weighted by molar-refractivity contribution is 0.669. The predicted octanol–water partition coefficient (Wildman–Crippen LogP) is 12.5. The summed E-state index contributed by atoms with van der Waals surface area (Å²) in [6.07, 6.45) is 8.82. The van der Waals surface area contributed by atoms with Crippen LogP contribution in [0.1, 0.15) is 12.8 Å². The molecule has 2 heterocycles. The third kappa shape index (κ3) is 5.14. The van der Waals surface area contributed by atoms with Crippen molar-refractivity contribution < 1.29 is 4.42 Å². The third-order valence-electron chi connectivity index (χ3n) is 9.89. The molecule has 0 atom stereocenters. The second-order valence-corrected chi connectivity index (χ2v) is 13.1. The fourth-order valence-corrected chi connectivity index (χ4v) is 7.45. The third-order valence-corrected chi connectivity index (χ3v) is 9.89. The fourth-order valence-electron chi connectivity index (χ4n) is 7.45. The number of anilines is 2. The molecule has 52 heavy (non-hydrogen) atoms. The van der Waals surface area contributed by atoms with Gasteiger partial charge in [0, 0.05) is 38.8 Å². The Labute approximate surface area is 300 Å². The summed E-state index contributed by atoms with van der Waals surface area (Å²) in [5.41, 5.74) is 7.58. The molecule has 0 unspecified atom stereocenters. The Hall–Kier alpha value is -6.85. The summed E-state index contributed by atoms with van der Waals surface area (Å²) >= 11 is 0. The van der Waals surface area contributed by atoms with Crippen LogP contribution in [0.2, 0.25) is 0 Å². The summed E-state index contributed by atoms with van der Waals surface area (Å²) in [6, 6.07) is 52.4. The average molecular weight is 669 g/mol.